The summed E-state index contributed by atoms with van der Waals surface area (Å²) in [6.45, 7) is 5.04. The van der Waals surface area contributed by atoms with Crippen molar-refractivity contribution >= 4 is 19.1 Å². The highest BCUT2D eigenvalue weighted by Gasteiger charge is 2.08. The maximum absolute atomic E-state index is 13.2. The van der Waals surface area contributed by atoms with Gasteiger partial charge in [0.05, 0.1) is 0 Å². The quantitative estimate of drug-likeness (QED) is 0.684. The van der Waals surface area contributed by atoms with Crippen LogP contribution in [-0.2, 0) is 0 Å². The third-order valence-corrected chi connectivity index (χ3v) is 2.56. The second kappa shape index (κ2) is 4.16. The molecule has 2 rings (SSSR count). The molecule has 5 heteroatoms. The summed E-state index contributed by atoms with van der Waals surface area (Å²) in [5, 5.41) is 10.4. The first-order chi connectivity index (χ1) is 7.61. The van der Waals surface area contributed by atoms with Crippen LogP contribution in [0.25, 0.3) is 5.32 Å². The maximum atomic E-state index is 13.2. The van der Waals surface area contributed by atoms with Gasteiger partial charge in [0, 0.05) is 13.2 Å². The molecule has 0 atom stereocenters. The first-order valence-corrected chi connectivity index (χ1v) is 5.19. The van der Waals surface area contributed by atoms with Crippen molar-refractivity contribution in [1.29, 1.82) is 0 Å². The van der Waals surface area contributed by atoms with E-state index in [4.69, 9.17) is 7.85 Å². The molecule has 1 heterocycles. The van der Waals surface area contributed by atoms with Crippen molar-refractivity contribution in [2.75, 3.05) is 13.2 Å². The van der Waals surface area contributed by atoms with Gasteiger partial charge in [-0.1, -0.05) is 5.46 Å². The average Bonchev–Trinajstić information content (AvgIpc) is 2.71. The monoisotopic (exact) mass is 216 g/mol. The van der Waals surface area contributed by atoms with Crippen LogP contribution in [0.2, 0.25) is 0 Å². The number of rotatable bonds is 2. The number of hydrazone groups is 1. The van der Waals surface area contributed by atoms with E-state index >= 15 is 0 Å². The zero-order valence-electron chi connectivity index (χ0n) is 9.37. The Morgan fingerprint density at radius 3 is 2.94 bits per heavy atom. The van der Waals surface area contributed by atoms with E-state index in [-0.39, 0.29) is 5.82 Å². The second-order valence-corrected chi connectivity index (χ2v) is 3.73. The summed E-state index contributed by atoms with van der Waals surface area (Å²) in [6.07, 6.45) is 0. The number of aryl methyl sites for hydroxylation is 1. The Bertz CT molecular complexity index is 445. The SMILES string of the molecule is [B]c1cc(F)c(C)cc1C1=NN(CC)C[N-]1. The summed E-state index contributed by atoms with van der Waals surface area (Å²) < 4.78 is 13.2. The molecule has 0 saturated carbocycles. The van der Waals surface area contributed by atoms with Crippen LogP contribution in [0, 0.1) is 12.7 Å². The average molecular weight is 216 g/mol. The van der Waals surface area contributed by atoms with Gasteiger partial charge in [0.15, 0.2) is 0 Å². The summed E-state index contributed by atoms with van der Waals surface area (Å²) in [7, 11) is 5.76. The van der Waals surface area contributed by atoms with Crippen LogP contribution in [0.3, 0.4) is 0 Å². The molecule has 0 saturated heterocycles. The van der Waals surface area contributed by atoms with Crippen LogP contribution in [0.5, 0.6) is 0 Å². The van der Waals surface area contributed by atoms with E-state index in [1.165, 1.54) is 6.07 Å². The van der Waals surface area contributed by atoms with E-state index in [1.54, 1.807) is 13.0 Å². The number of benzene rings is 1. The molecule has 0 fully saturated rings. The maximum Gasteiger partial charge on any atom is 0.125 e. The van der Waals surface area contributed by atoms with Crippen molar-refractivity contribution in [2.45, 2.75) is 13.8 Å². The van der Waals surface area contributed by atoms with Crippen LogP contribution in [0.15, 0.2) is 17.2 Å². The lowest BCUT2D eigenvalue weighted by Crippen LogP contribution is -2.16. The van der Waals surface area contributed by atoms with Gasteiger partial charge in [-0.25, -0.2) is 4.39 Å². The molecule has 1 aromatic rings. The van der Waals surface area contributed by atoms with Crippen LogP contribution in [-0.4, -0.2) is 31.9 Å². The summed E-state index contributed by atoms with van der Waals surface area (Å²) >= 11 is 0. The second-order valence-electron chi connectivity index (χ2n) is 3.73. The van der Waals surface area contributed by atoms with Crippen molar-refractivity contribution in [3.8, 4) is 0 Å². The molecule has 0 aromatic heterocycles. The third-order valence-electron chi connectivity index (χ3n) is 2.56. The van der Waals surface area contributed by atoms with Crippen LogP contribution < -0.4 is 5.46 Å². The van der Waals surface area contributed by atoms with E-state index < -0.39 is 0 Å². The largest absolute Gasteiger partial charge is 0.446 e. The molecule has 0 N–H and O–H groups in total. The Labute approximate surface area is 95.7 Å². The smallest absolute Gasteiger partial charge is 0.125 e. The fourth-order valence-electron chi connectivity index (χ4n) is 1.55. The normalized spacial score (nSPS) is 14.9. The highest BCUT2D eigenvalue weighted by atomic mass is 19.1. The van der Waals surface area contributed by atoms with Crippen molar-refractivity contribution in [3.05, 3.63) is 34.4 Å². The van der Waals surface area contributed by atoms with Gasteiger partial charge in [0.2, 0.25) is 0 Å². The molecule has 82 valence electrons. The molecule has 16 heavy (non-hydrogen) atoms. The van der Waals surface area contributed by atoms with Gasteiger partial charge in [-0.2, -0.15) is 0 Å². The highest BCUT2D eigenvalue weighted by Crippen LogP contribution is 2.16. The molecule has 1 aliphatic heterocycles. The van der Waals surface area contributed by atoms with Crippen LogP contribution >= 0.6 is 0 Å². The molecular weight excluding hydrogens is 204 g/mol. The predicted molar refractivity (Wildman–Crippen MR) is 63.7 cm³/mol. The Kier molecular flexibility index (Phi) is 2.85. The van der Waals surface area contributed by atoms with Gasteiger partial charge in [0.1, 0.15) is 13.7 Å². The zero-order valence-corrected chi connectivity index (χ0v) is 9.37. The molecule has 0 aliphatic carbocycles. The summed E-state index contributed by atoms with van der Waals surface area (Å²) in [5.41, 5.74) is 1.63. The molecule has 0 bridgehead atoms. The molecule has 1 aliphatic rings. The van der Waals surface area contributed by atoms with Crippen molar-refractivity contribution in [2.24, 2.45) is 5.10 Å². The summed E-state index contributed by atoms with van der Waals surface area (Å²) in [4.78, 5) is 0. The standard InChI is InChI=1S/C11H12BFN3/c1-3-16-6-14-11(15-16)8-4-7(2)10(13)5-9(8)12/h4-5H,3,6H2,1-2H3/q-1. The topological polar surface area (TPSA) is 29.7 Å². The van der Waals surface area contributed by atoms with E-state index in [1.807, 2.05) is 11.9 Å². The fraction of sp³-hybridized carbons (Fsp3) is 0.364. The van der Waals surface area contributed by atoms with Crippen LogP contribution in [0.1, 0.15) is 18.1 Å². The zero-order chi connectivity index (χ0) is 11.7. The summed E-state index contributed by atoms with van der Waals surface area (Å²) in [6, 6.07) is 3.00. The number of nitrogens with zero attached hydrogens (tertiary/aromatic N) is 3. The molecule has 3 nitrogen and oxygen atoms in total. The van der Waals surface area contributed by atoms with Gasteiger partial charge in [-0.3, -0.25) is 0 Å². The molecule has 0 unspecified atom stereocenters. The summed E-state index contributed by atoms with van der Waals surface area (Å²) in [5.74, 6) is 0.287. The lowest BCUT2D eigenvalue weighted by atomic mass is 9.88. The van der Waals surface area contributed by atoms with Gasteiger partial charge in [-0.15, -0.1) is 0 Å². The first-order valence-electron chi connectivity index (χ1n) is 5.19. The lowest BCUT2D eigenvalue weighted by Gasteiger charge is -2.16. The predicted octanol–water partition coefficient (Wildman–Crippen LogP) is 1.26. The van der Waals surface area contributed by atoms with Crippen LogP contribution in [0.4, 0.5) is 4.39 Å². The molecule has 0 amide bonds. The van der Waals surface area contributed by atoms with Gasteiger partial charge >= 0.3 is 0 Å². The van der Waals surface area contributed by atoms with Crippen molar-refractivity contribution in [1.82, 2.24) is 5.01 Å². The van der Waals surface area contributed by atoms with E-state index in [2.05, 4.69) is 10.4 Å². The number of amidine groups is 1. The number of halogens is 1. The van der Waals surface area contributed by atoms with E-state index in [9.17, 15) is 4.39 Å². The lowest BCUT2D eigenvalue weighted by molar-refractivity contribution is 0.351. The Morgan fingerprint density at radius 1 is 1.56 bits per heavy atom. The molecular formula is C11H12BFN3-. The first kappa shape index (κ1) is 11.0. The number of hydrogen-bond donors (Lipinski definition) is 0. The minimum atomic E-state index is -0.299. The van der Waals surface area contributed by atoms with Gasteiger partial charge in [0.25, 0.3) is 0 Å². The van der Waals surface area contributed by atoms with E-state index in [0.29, 0.717) is 29.1 Å². The molecule has 0 spiro atoms. The highest BCUT2D eigenvalue weighted by molar-refractivity contribution is 6.37. The molecule has 1 aromatic carbocycles. The Morgan fingerprint density at radius 2 is 2.31 bits per heavy atom. The minimum absolute atomic E-state index is 0.299. The van der Waals surface area contributed by atoms with Crippen molar-refractivity contribution in [3.63, 3.8) is 0 Å². The van der Waals surface area contributed by atoms with Crippen molar-refractivity contribution < 1.29 is 4.39 Å². The third kappa shape index (κ3) is 1.89. The van der Waals surface area contributed by atoms with E-state index in [0.717, 1.165) is 6.54 Å². The fourth-order valence-corrected chi connectivity index (χ4v) is 1.55. The van der Waals surface area contributed by atoms with Gasteiger partial charge in [-0.05, 0) is 42.9 Å². The number of hydrogen-bond acceptors (Lipinski definition) is 2. The molecule has 2 radical (unpaired) electrons. The Hall–Kier alpha value is -1.52. The Balaban J connectivity index is 2.38. The van der Waals surface area contributed by atoms with Gasteiger partial charge < -0.3 is 15.4 Å². The minimum Gasteiger partial charge on any atom is -0.446 e.